The monoisotopic (exact) mass is 292 g/mol. The van der Waals surface area contributed by atoms with Gasteiger partial charge in [-0.2, -0.15) is 4.98 Å². The zero-order chi connectivity index (χ0) is 12.1. The lowest BCUT2D eigenvalue weighted by atomic mass is 10.2. The van der Waals surface area contributed by atoms with Gasteiger partial charge >= 0.3 is 0 Å². The minimum atomic E-state index is 0.521. The summed E-state index contributed by atoms with van der Waals surface area (Å²) in [6, 6.07) is 13.7. The van der Waals surface area contributed by atoms with Crippen molar-refractivity contribution in [3.8, 4) is 5.88 Å². The fourth-order valence-corrected chi connectivity index (χ4v) is 1.64. The normalized spacial score (nSPS) is 10.0. The first-order chi connectivity index (χ1) is 8.28. The highest BCUT2D eigenvalue weighted by atomic mass is 79.9. The van der Waals surface area contributed by atoms with E-state index in [1.54, 1.807) is 0 Å². The highest BCUT2D eigenvalue weighted by molar-refractivity contribution is 9.10. The second-order valence-corrected chi connectivity index (χ2v) is 4.44. The first-order valence-corrected chi connectivity index (χ1v) is 6.09. The van der Waals surface area contributed by atoms with Crippen LogP contribution in [-0.2, 0) is 6.61 Å². The van der Waals surface area contributed by atoms with Gasteiger partial charge in [-0.3, -0.25) is 0 Å². The minimum absolute atomic E-state index is 0.521. The number of ether oxygens (including phenoxy) is 1. The average molecular weight is 293 g/mol. The molecule has 0 spiro atoms. The van der Waals surface area contributed by atoms with E-state index in [0.717, 1.165) is 15.9 Å². The summed E-state index contributed by atoms with van der Waals surface area (Å²) in [5.41, 5.74) is 1.12. The minimum Gasteiger partial charge on any atom is -0.473 e. The number of hydrogen-bond acceptors (Lipinski definition) is 3. The molecule has 2 aromatic rings. The van der Waals surface area contributed by atoms with E-state index in [4.69, 9.17) is 4.74 Å². The molecule has 1 N–H and O–H groups in total. The van der Waals surface area contributed by atoms with Gasteiger partial charge in [-0.25, -0.2) is 0 Å². The maximum Gasteiger partial charge on any atom is 0.215 e. The topological polar surface area (TPSA) is 34.1 Å². The van der Waals surface area contributed by atoms with Crippen LogP contribution in [-0.4, -0.2) is 12.0 Å². The molecule has 17 heavy (non-hydrogen) atoms. The smallest absolute Gasteiger partial charge is 0.215 e. The van der Waals surface area contributed by atoms with Gasteiger partial charge in [0.25, 0.3) is 0 Å². The van der Waals surface area contributed by atoms with Crippen LogP contribution in [0.15, 0.2) is 46.9 Å². The zero-order valence-electron chi connectivity index (χ0n) is 9.48. The van der Waals surface area contributed by atoms with Gasteiger partial charge < -0.3 is 10.1 Å². The number of nitrogens with one attached hydrogen (secondary N) is 1. The lowest BCUT2D eigenvalue weighted by molar-refractivity contribution is 0.294. The van der Waals surface area contributed by atoms with Crippen LogP contribution in [0.5, 0.6) is 5.88 Å². The van der Waals surface area contributed by atoms with Crippen molar-refractivity contribution in [2.75, 3.05) is 12.4 Å². The molecule has 0 aliphatic carbocycles. The van der Waals surface area contributed by atoms with Gasteiger partial charge in [-0.15, -0.1) is 0 Å². The highest BCUT2D eigenvalue weighted by Crippen LogP contribution is 2.14. The van der Waals surface area contributed by atoms with E-state index >= 15 is 0 Å². The van der Waals surface area contributed by atoms with Crippen LogP contribution in [0.25, 0.3) is 0 Å². The maximum atomic E-state index is 5.61. The number of pyridine rings is 1. The summed E-state index contributed by atoms with van der Waals surface area (Å²) < 4.78 is 6.67. The number of halogens is 1. The summed E-state index contributed by atoms with van der Waals surface area (Å²) in [5, 5.41) is 2.98. The molecule has 0 amide bonds. The van der Waals surface area contributed by atoms with Gasteiger partial charge in [0.2, 0.25) is 5.88 Å². The Morgan fingerprint density at radius 1 is 1.18 bits per heavy atom. The molecule has 4 heteroatoms. The largest absolute Gasteiger partial charge is 0.473 e. The molecule has 0 unspecified atom stereocenters. The van der Waals surface area contributed by atoms with Crippen LogP contribution in [0.4, 0.5) is 5.82 Å². The van der Waals surface area contributed by atoms with E-state index in [-0.39, 0.29) is 0 Å². The maximum absolute atomic E-state index is 5.61. The number of benzene rings is 1. The molecule has 0 fully saturated rings. The van der Waals surface area contributed by atoms with Crippen molar-refractivity contribution in [3.63, 3.8) is 0 Å². The van der Waals surface area contributed by atoms with Crippen LogP contribution in [0, 0.1) is 0 Å². The van der Waals surface area contributed by atoms with Crippen molar-refractivity contribution in [1.82, 2.24) is 4.98 Å². The van der Waals surface area contributed by atoms with Crippen molar-refractivity contribution in [2.24, 2.45) is 0 Å². The Hall–Kier alpha value is -1.55. The van der Waals surface area contributed by atoms with Gasteiger partial charge in [0.1, 0.15) is 12.4 Å². The third kappa shape index (κ3) is 3.46. The van der Waals surface area contributed by atoms with Crippen molar-refractivity contribution >= 4 is 21.7 Å². The first kappa shape index (κ1) is 11.9. The Bertz CT molecular complexity index is 485. The van der Waals surface area contributed by atoms with E-state index in [1.807, 2.05) is 49.5 Å². The molecule has 0 saturated heterocycles. The molecule has 0 saturated carbocycles. The number of hydrogen-bond donors (Lipinski definition) is 1. The number of aromatic nitrogens is 1. The van der Waals surface area contributed by atoms with E-state index in [9.17, 15) is 0 Å². The van der Waals surface area contributed by atoms with Crippen LogP contribution in [0.3, 0.4) is 0 Å². The third-order valence-electron chi connectivity index (χ3n) is 2.28. The van der Waals surface area contributed by atoms with Gasteiger partial charge in [-0.1, -0.05) is 34.1 Å². The Balaban J connectivity index is 1.99. The van der Waals surface area contributed by atoms with E-state index in [2.05, 4.69) is 26.2 Å². The molecule has 0 bridgehead atoms. The van der Waals surface area contributed by atoms with Gasteiger partial charge in [0.15, 0.2) is 0 Å². The lowest BCUT2D eigenvalue weighted by Gasteiger charge is -2.06. The Morgan fingerprint density at radius 3 is 2.65 bits per heavy atom. The molecule has 0 aliphatic heterocycles. The van der Waals surface area contributed by atoms with E-state index in [1.165, 1.54) is 0 Å². The van der Waals surface area contributed by atoms with Crippen molar-refractivity contribution in [2.45, 2.75) is 6.61 Å². The number of nitrogens with zero attached hydrogens (tertiary/aromatic N) is 1. The predicted octanol–water partition coefficient (Wildman–Crippen LogP) is 3.46. The molecule has 0 aliphatic rings. The molecular weight excluding hydrogens is 280 g/mol. The fraction of sp³-hybridized carbons (Fsp3) is 0.154. The molecule has 1 aromatic heterocycles. The molecule has 88 valence electrons. The second-order valence-electron chi connectivity index (χ2n) is 3.53. The third-order valence-corrected chi connectivity index (χ3v) is 2.81. The summed E-state index contributed by atoms with van der Waals surface area (Å²) >= 11 is 3.40. The quantitative estimate of drug-likeness (QED) is 0.937. The summed E-state index contributed by atoms with van der Waals surface area (Å²) in [7, 11) is 1.83. The molecular formula is C13H13BrN2O. The van der Waals surface area contributed by atoms with E-state index < -0.39 is 0 Å². The van der Waals surface area contributed by atoms with Crippen LogP contribution in [0.2, 0.25) is 0 Å². The summed E-state index contributed by atoms with van der Waals surface area (Å²) in [6.45, 7) is 0.521. The lowest BCUT2D eigenvalue weighted by Crippen LogP contribution is -1.99. The molecule has 1 heterocycles. The highest BCUT2D eigenvalue weighted by Gasteiger charge is 1.98. The second kappa shape index (κ2) is 5.68. The standard InChI is InChI=1S/C13H13BrN2O/c1-15-12-3-2-4-13(16-12)17-9-10-5-7-11(14)8-6-10/h2-8H,9H2,1H3,(H,15,16). The van der Waals surface area contributed by atoms with Crippen molar-refractivity contribution in [1.29, 1.82) is 0 Å². The van der Waals surface area contributed by atoms with Gasteiger partial charge in [0.05, 0.1) is 0 Å². The predicted molar refractivity (Wildman–Crippen MR) is 72.3 cm³/mol. The van der Waals surface area contributed by atoms with Crippen LogP contribution >= 0.6 is 15.9 Å². The van der Waals surface area contributed by atoms with Crippen LogP contribution in [0.1, 0.15) is 5.56 Å². The molecule has 0 atom stereocenters. The summed E-state index contributed by atoms with van der Waals surface area (Å²) in [6.07, 6.45) is 0. The van der Waals surface area contributed by atoms with Crippen molar-refractivity contribution < 1.29 is 4.74 Å². The molecule has 0 radical (unpaired) electrons. The number of rotatable bonds is 4. The van der Waals surface area contributed by atoms with Crippen molar-refractivity contribution in [3.05, 3.63) is 52.5 Å². The molecule has 2 rings (SSSR count). The summed E-state index contributed by atoms with van der Waals surface area (Å²) in [4.78, 5) is 4.28. The Morgan fingerprint density at radius 2 is 1.94 bits per heavy atom. The van der Waals surface area contributed by atoms with E-state index in [0.29, 0.717) is 12.5 Å². The molecule has 3 nitrogen and oxygen atoms in total. The zero-order valence-corrected chi connectivity index (χ0v) is 11.1. The van der Waals surface area contributed by atoms with Gasteiger partial charge in [0, 0.05) is 17.6 Å². The van der Waals surface area contributed by atoms with Gasteiger partial charge in [-0.05, 0) is 23.8 Å². The summed E-state index contributed by atoms with van der Waals surface area (Å²) in [5.74, 6) is 1.43. The first-order valence-electron chi connectivity index (χ1n) is 5.30. The Labute approximate surface area is 109 Å². The van der Waals surface area contributed by atoms with Crippen LogP contribution < -0.4 is 10.1 Å². The average Bonchev–Trinajstić information content (AvgIpc) is 2.38. The molecule has 1 aromatic carbocycles. The fourth-order valence-electron chi connectivity index (χ4n) is 1.37. The Kier molecular flexibility index (Phi) is 3.98. The SMILES string of the molecule is CNc1cccc(OCc2ccc(Br)cc2)n1. The number of anilines is 1.